The molecule has 1 unspecified atom stereocenters. The quantitative estimate of drug-likeness (QED) is 0.703. The number of hydrogen-bond acceptors (Lipinski definition) is 4. The largest absolute Gasteiger partial charge is 0.380 e. The molecule has 0 aliphatic carbocycles. The van der Waals surface area contributed by atoms with Crippen LogP contribution >= 0.6 is 0 Å². The van der Waals surface area contributed by atoms with Crippen molar-refractivity contribution in [3.05, 3.63) is 0 Å². The lowest BCUT2D eigenvalue weighted by Crippen LogP contribution is -2.50. The molecule has 0 spiro atoms. The van der Waals surface area contributed by atoms with Crippen LogP contribution in [0.3, 0.4) is 0 Å². The monoisotopic (exact) mass is 242 g/mol. The van der Waals surface area contributed by atoms with E-state index in [0.29, 0.717) is 6.10 Å². The van der Waals surface area contributed by atoms with Crippen molar-refractivity contribution in [2.75, 3.05) is 39.5 Å². The lowest BCUT2D eigenvalue weighted by atomic mass is 9.95. The third-order valence-electron chi connectivity index (χ3n) is 3.73. The third kappa shape index (κ3) is 4.54. The molecule has 0 saturated carbocycles. The molecular formula is C13H26N2O2. The smallest absolute Gasteiger partial charge is 0.0645 e. The van der Waals surface area contributed by atoms with Gasteiger partial charge in [0.1, 0.15) is 0 Å². The van der Waals surface area contributed by atoms with Crippen LogP contribution in [0.25, 0.3) is 0 Å². The van der Waals surface area contributed by atoms with Crippen LogP contribution in [0.2, 0.25) is 0 Å². The summed E-state index contributed by atoms with van der Waals surface area (Å²) in [7, 11) is 0. The average Bonchev–Trinajstić information content (AvgIpc) is 2.37. The van der Waals surface area contributed by atoms with Crippen molar-refractivity contribution in [1.29, 1.82) is 0 Å². The molecule has 2 rings (SSSR count). The van der Waals surface area contributed by atoms with Crippen molar-refractivity contribution in [3.8, 4) is 0 Å². The van der Waals surface area contributed by atoms with Crippen LogP contribution in [0.4, 0.5) is 0 Å². The van der Waals surface area contributed by atoms with E-state index in [9.17, 15) is 0 Å². The fourth-order valence-corrected chi connectivity index (χ4v) is 2.61. The van der Waals surface area contributed by atoms with E-state index in [4.69, 9.17) is 9.47 Å². The molecule has 0 radical (unpaired) electrons. The van der Waals surface area contributed by atoms with Gasteiger partial charge in [-0.05, 0) is 45.7 Å². The van der Waals surface area contributed by atoms with Crippen molar-refractivity contribution >= 4 is 0 Å². The van der Waals surface area contributed by atoms with Crippen molar-refractivity contribution in [2.24, 2.45) is 0 Å². The summed E-state index contributed by atoms with van der Waals surface area (Å²) in [6.07, 6.45) is 5.15. The molecule has 2 fully saturated rings. The van der Waals surface area contributed by atoms with Crippen LogP contribution in [-0.4, -0.2) is 51.1 Å². The van der Waals surface area contributed by atoms with Gasteiger partial charge in [0.15, 0.2) is 0 Å². The average molecular weight is 242 g/mol. The lowest BCUT2D eigenvalue weighted by Gasteiger charge is -2.34. The summed E-state index contributed by atoms with van der Waals surface area (Å²) < 4.78 is 11.4. The van der Waals surface area contributed by atoms with Gasteiger partial charge in [-0.2, -0.15) is 0 Å². The highest BCUT2D eigenvalue weighted by atomic mass is 16.5. The van der Waals surface area contributed by atoms with Crippen LogP contribution in [0.15, 0.2) is 0 Å². The van der Waals surface area contributed by atoms with Gasteiger partial charge in [-0.15, -0.1) is 0 Å². The summed E-state index contributed by atoms with van der Waals surface area (Å²) in [4.78, 5) is 0. The SMILES string of the molecule is CC1(NCCOC2CCNCC2)CCCOC1. The van der Waals surface area contributed by atoms with E-state index < -0.39 is 0 Å². The lowest BCUT2D eigenvalue weighted by molar-refractivity contribution is 0.00954. The molecule has 2 heterocycles. The fraction of sp³-hybridized carbons (Fsp3) is 1.00. The first-order valence-electron chi connectivity index (χ1n) is 6.94. The Morgan fingerprint density at radius 3 is 2.94 bits per heavy atom. The van der Waals surface area contributed by atoms with Crippen molar-refractivity contribution in [2.45, 2.75) is 44.2 Å². The zero-order valence-electron chi connectivity index (χ0n) is 11.0. The Hall–Kier alpha value is -0.160. The van der Waals surface area contributed by atoms with Crippen LogP contribution in [-0.2, 0) is 9.47 Å². The molecule has 0 aromatic rings. The van der Waals surface area contributed by atoms with E-state index in [1.807, 2.05) is 0 Å². The Labute approximate surface area is 104 Å². The Kier molecular flexibility index (Phi) is 5.22. The Morgan fingerprint density at radius 2 is 2.24 bits per heavy atom. The zero-order chi connectivity index (χ0) is 12.0. The minimum atomic E-state index is 0.162. The van der Waals surface area contributed by atoms with Gasteiger partial charge >= 0.3 is 0 Å². The molecule has 2 N–H and O–H groups in total. The molecule has 100 valence electrons. The maximum Gasteiger partial charge on any atom is 0.0645 e. The van der Waals surface area contributed by atoms with Gasteiger partial charge in [0.2, 0.25) is 0 Å². The molecule has 0 aromatic carbocycles. The maximum atomic E-state index is 5.88. The summed E-state index contributed by atoms with van der Waals surface area (Å²) in [6, 6.07) is 0. The zero-order valence-corrected chi connectivity index (χ0v) is 11.0. The Morgan fingerprint density at radius 1 is 1.41 bits per heavy atom. The number of hydrogen-bond donors (Lipinski definition) is 2. The van der Waals surface area contributed by atoms with E-state index in [0.717, 1.165) is 52.3 Å². The van der Waals surface area contributed by atoms with Crippen molar-refractivity contribution < 1.29 is 9.47 Å². The van der Waals surface area contributed by atoms with E-state index in [1.54, 1.807) is 0 Å². The van der Waals surface area contributed by atoms with Crippen LogP contribution in [0.1, 0.15) is 32.6 Å². The number of rotatable bonds is 5. The van der Waals surface area contributed by atoms with Gasteiger partial charge in [-0.3, -0.25) is 0 Å². The molecule has 17 heavy (non-hydrogen) atoms. The summed E-state index contributed by atoms with van der Waals surface area (Å²) in [6.45, 7) is 7.96. The highest BCUT2D eigenvalue weighted by Crippen LogP contribution is 2.17. The molecule has 1 atom stereocenters. The second-order valence-corrected chi connectivity index (χ2v) is 5.46. The molecule has 2 saturated heterocycles. The van der Waals surface area contributed by atoms with Crippen LogP contribution in [0, 0.1) is 0 Å². The number of piperidine rings is 1. The van der Waals surface area contributed by atoms with Gasteiger partial charge in [0, 0.05) is 18.7 Å². The maximum absolute atomic E-state index is 5.88. The van der Waals surface area contributed by atoms with Gasteiger partial charge in [0.05, 0.1) is 19.3 Å². The third-order valence-corrected chi connectivity index (χ3v) is 3.73. The van der Waals surface area contributed by atoms with Gasteiger partial charge in [-0.1, -0.05) is 0 Å². The van der Waals surface area contributed by atoms with E-state index in [2.05, 4.69) is 17.6 Å². The minimum absolute atomic E-state index is 0.162. The second kappa shape index (κ2) is 6.69. The highest BCUT2D eigenvalue weighted by molar-refractivity contribution is 4.85. The first-order chi connectivity index (χ1) is 8.29. The standard InChI is InChI=1S/C13H26N2O2/c1-13(5-2-9-16-11-13)15-8-10-17-12-3-6-14-7-4-12/h12,14-15H,2-11H2,1H3. The predicted octanol–water partition coefficient (Wildman–Crippen LogP) is 0.914. The Bertz CT molecular complexity index is 211. The van der Waals surface area contributed by atoms with Crippen LogP contribution in [0.5, 0.6) is 0 Å². The van der Waals surface area contributed by atoms with Crippen molar-refractivity contribution in [3.63, 3.8) is 0 Å². The summed E-state index contributed by atoms with van der Waals surface area (Å²) in [5, 5.41) is 6.92. The van der Waals surface area contributed by atoms with E-state index >= 15 is 0 Å². The summed E-state index contributed by atoms with van der Waals surface area (Å²) >= 11 is 0. The number of nitrogens with one attached hydrogen (secondary N) is 2. The minimum Gasteiger partial charge on any atom is -0.380 e. The van der Waals surface area contributed by atoms with Crippen molar-refractivity contribution in [1.82, 2.24) is 10.6 Å². The number of ether oxygens (including phenoxy) is 2. The highest BCUT2D eigenvalue weighted by Gasteiger charge is 2.26. The van der Waals surface area contributed by atoms with Gasteiger partial charge < -0.3 is 20.1 Å². The first kappa shape index (κ1) is 13.3. The van der Waals surface area contributed by atoms with Crippen LogP contribution < -0.4 is 10.6 Å². The molecular weight excluding hydrogens is 216 g/mol. The fourth-order valence-electron chi connectivity index (χ4n) is 2.61. The molecule has 0 amide bonds. The van der Waals surface area contributed by atoms with Gasteiger partial charge in [0.25, 0.3) is 0 Å². The normalized spacial score (nSPS) is 31.6. The molecule has 2 aliphatic rings. The molecule has 4 nitrogen and oxygen atoms in total. The molecule has 0 bridgehead atoms. The summed E-state index contributed by atoms with van der Waals surface area (Å²) in [5.41, 5.74) is 0.162. The predicted molar refractivity (Wildman–Crippen MR) is 68.3 cm³/mol. The first-order valence-corrected chi connectivity index (χ1v) is 6.94. The molecule has 4 heteroatoms. The second-order valence-electron chi connectivity index (χ2n) is 5.46. The van der Waals surface area contributed by atoms with E-state index in [-0.39, 0.29) is 5.54 Å². The molecule has 0 aromatic heterocycles. The summed E-state index contributed by atoms with van der Waals surface area (Å²) in [5.74, 6) is 0. The van der Waals surface area contributed by atoms with E-state index in [1.165, 1.54) is 12.8 Å². The van der Waals surface area contributed by atoms with Gasteiger partial charge in [-0.25, -0.2) is 0 Å². The topological polar surface area (TPSA) is 42.5 Å². The molecule has 2 aliphatic heterocycles. The Balaban J connectivity index is 1.55.